The first-order valence-corrected chi connectivity index (χ1v) is 7.19. The monoisotopic (exact) mass is 494 g/mol. The summed E-state index contributed by atoms with van der Waals surface area (Å²) in [5, 5.41) is 0. The van der Waals surface area contributed by atoms with Gasteiger partial charge in [0.05, 0.1) is 0 Å². The summed E-state index contributed by atoms with van der Waals surface area (Å²) in [4.78, 5) is 23.9. The van der Waals surface area contributed by atoms with Crippen LogP contribution in [0.5, 0.6) is 11.5 Å². The standard InChI is InChI=1S/C20H12O4.2Y/c21-19(15-7-3-1-4-8-15)23-17-11-13-18(14-12-17)24-20(22)16-9-5-2-6-10-16;;/h3-14H;;/q-2;;. The molecule has 0 spiro atoms. The van der Waals surface area contributed by atoms with E-state index in [2.05, 4.69) is 12.1 Å². The van der Waals surface area contributed by atoms with Crippen molar-refractivity contribution in [3.63, 3.8) is 0 Å². The molecule has 0 atom stereocenters. The van der Waals surface area contributed by atoms with Crippen molar-refractivity contribution in [3.05, 3.63) is 96.1 Å². The molecule has 0 bridgehead atoms. The maximum absolute atomic E-state index is 11.9. The summed E-state index contributed by atoms with van der Waals surface area (Å²) < 4.78 is 10.5. The van der Waals surface area contributed by atoms with Gasteiger partial charge in [-0.25, -0.2) is 9.59 Å². The molecular formula is C20H12O4Y2-2. The third-order valence-electron chi connectivity index (χ3n) is 3.15. The van der Waals surface area contributed by atoms with E-state index in [1.165, 1.54) is 0 Å². The summed E-state index contributed by atoms with van der Waals surface area (Å²) in [6.07, 6.45) is 0. The van der Waals surface area contributed by atoms with Crippen molar-refractivity contribution in [2.24, 2.45) is 0 Å². The van der Waals surface area contributed by atoms with Gasteiger partial charge in [-0.1, -0.05) is 0 Å². The van der Waals surface area contributed by atoms with Crippen LogP contribution in [0.3, 0.4) is 0 Å². The van der Waals surface area contributed by atoms with Crippen molar-refractivity contribution in [1.29, 1.82) is 0 Å². The molecular weight excluding hydrogens is 482 g/mol. The van der Waals surface area contributed by atoms with Crippen LogP contribution in [0.1, 0.15) is 20.7 Å². The van der Waals surface area contributed by atoms with Crippen molar-refractivity contribution in [2.75, 3.05) is 0 Å². The molecule has 3 aromatic rings. The Labute approximate surface area is 202 Å². The molecule has 0 heterocycles. The molecule has 6 heteroatoms. The van der Waals surface area contributed by atoms with E-state index < -0.39 is 11.9 Å². The Morgan fingerprint density at radius 1 is 0.577 bits per heavy atom. The maximum Gasteiger partial charge on any atom is 0.318 e. The van der Waals surface area contributed by atoms with Gasteiger partial charge in [0.25, 0.3) is 0 Å². The van der Waals surface area contributed by atoms with Gasteiger partial charge in [-0.2, -0.15) is 60.7 Å². The van der Waals surface area contributed by atoms with Crippen LogP contribution in [-0.4, -0.2) is 11.9 Å². The summed E-state index contributed by atoms with van der Waals surface area (Å²) in [6, 6.07) is 25.0. The third kappa shape index (κ3) is 6.51. The van der Waals surface area contributed by atoms with Gasteiger partial charge >= 0.3 is 11.9 Å². The number of carbonyl (C=O) groups excluding carboxylic acids is 2. The van der Waals surface area contributed by atoms with E-state index in [1.807, 2.05) is 0 Å². The predicted octanol–water partition coefficient (Wildman–Crippen LogP) is 3.72. The quantitative estimate of drug-likeness (QED) is 0.316. The number of hydrogen-bond donors (Lipinski definition) is 0. The van der Waals surface area contributed by atoms with E-state index in [0.717, 1.165) is 0 Å². The first kappa shape index (κ1) is 22.8. The van der Waals surface area contributed by atoms with Crippen LogP contribution in [0.25, 0.3) is 0 Å². The fourth-order valence-corrected chi connectivity index (χ4v) is 1.95. The minimum absolute atomic E-state index is 0. The molecule has 3 rings (SSSR count). The van der Waals surface area contributed by atoms with Gasteiger partial charge in [-0.3, -0.25) is 0 Å². The number of carbonyl (C=O) groups is 2. The molecule has 0 fully saturated rings. The number of rotatable bonds is 4. The fourth-order valence-electron chi connectivity index (χ4n) is 1.95. The Morgan fingerprint density at radius 3 is 1.19 bits per heavy atom. The van der Waals surface area contributed by atoms with Crippen LogP contribution in [0.2, 0.25) is 0 Å². The van der Waals surface area contributed by atoms with E-state index >= 15 is 0 Å². The van der Waals surface area contributed by atoms with Crippen LogP contribution in [0, 0.1) is 12.1 Å². The van der Waals surface area contributed by atoms with Gasteiger partial charge in [0, 0.05) is 65.4 Å². The Bertz CT molecular complexity index is 762. The summed E-state index contributed by atoms with van der Waals surface area (Å²) >= 11 is 0. The molecule has 4 nitrogen and oxygen atoms in total. The Hall–Kier alpha value is -1.19. The molecule has 3 aromatic carbocycles. The van der Waals surface area contributed by atoms with Gasteiger partial charge in [0.15, 0.2) is 0 Å². The smallest absolute Gasteiger partial charge is 0.318 e. The molecule has 124 valence electrons. The van der Waals surface area contributed by atoms with Crippen molar-refractivity contribution >= 4 is 11.9 Å². The molecule has 2 radical (unpaired) electrons. The number of ether oxygens (including phenoxy) is 2. The fraction of sp³-hybridized carbons (Fsp3) is 0. The normalized spacial score (nSPS) is 9.23. The van der Waals surface area contributed by atoms with Crippen molar-refractivity contribution < 1.29 is 84.5 Å². The molecule has 0 N–H and O–H groups in total. The van der Waals surface area contributed by atoms with Crippen LogP contribution in [-0.2, 0) is 65.4 Å². The number of benzene rings is 3. The molecule has 0 saturated carbocycles. The molecule has 0 aliphatic carbocycles. The SMILES string of the molecule is O=C(Oc1ccc(OC(=O)c2cc[c-]cc2)cc1)c1cc[c-]cc1.[Y].[Y]. The van der Waals surface area contributed by atoms with Crippen molar-refractivity contribution in [3.8, 4) is 11.5 Å². The Kier molecular flexibility index (Phi) is 10.1. The summed E-state index contributed by atoms with van der Waals surface area (Å²) in [5.74, 6) is -0.201. The second-order valence-corrected chi connectivity index (χ2v) is 4.83. The zero-order chi connectivity index (χ0) is 16.8. The maximum atomic E-state index is 11.9. The molecule has 26 heavy (non-hydrogen) atoms. The zero-order valence-corrected chi connectivity index (χ0v) is 19.4. The second kappa shape index (κ2) is 11.5. The van der Waals surface area contributed by atoms with Gasteiger partial charge in [-0.05, 0) is 35.4 Å². The average molecular weight is 494 g/mol. The zero-order valence-electron chi connectivity index (χ0n) is 13.7. The summed E-state index contributed by atoms with van der Waals surface area (Å²) in [7, 11) is 0. The molecule has 0 aromatic heterocycles. The van der Waals surface area contributed by atoms with E-state index in [4.69, 9.17) is 9.47 Å². The van der Waals surface area contributed by atoms with Crippen molar-refractivity contribution in [1.82, 2.24) is 0 Å². The number of hydrogen-bond acceptors (Lipinski definition) is 4. The Morgan fingerprint density at radius 2 is 0.885 bits per heavy atom. The summed E-state index contributed by atoms with van der Waals surface area (Å²) in [6.45, 7) is 0. The largest absolute Gasteiger partial charge is 0.424 e. The van der Waals surface area contributed by atoms with Crippen molar-refractivity contribution in [2.45, 2.75) is 0 Å². The first-order valence-electron chi connectivity index (χ1n) is 7.19. The average Bonchev–Trinajstić information content (AvgIpc) is 2.65. The van der Waals surface area contributed by atoms with Gasteiger partial charge < -0.3 is 9.47 Å². The third-order valence-corrected chi connectivity index (χ3v) is 3.15. The molecule has 0 saturated heterocycles. The van der Waals surface area contributed by atoms with Gasteiger partial charge in [0.1, 0.15) is 11.5 Å². The summed E-state index contributed by atoms with van der Waals surface area (Å²) in [5.41, 5.74) is 0.871. The van der Waals surface area contributed by atoms with E-state index in [9.17, 15) is 9.59 Å². The first-order chi connectivity index (χ1) is 11.7. The van der Waals surface area contributed by atoms with E-state index in [-0.39, 0.29) is 65.4 Å². The molecule has 0 unspecified atom stereocenters. The van der Waals surface area contributed by atoms with Crippen LogP contribution in [0.4, 0.5) is 0 Å². The second-order valence-electron chi connectivity index (χ2n) is 4.83. The Balaban J connectivity index is 0.00000169. The predicted molar refractivity (Wildman–Crippen MR) is 86.9 cm³/mol. The molecule has 0 amide bonds. The van der Waals surface area contributed by atoms with E-state index in [1.54, 1.807) is 72.8 Å². The van der Waals surface area contributed by atoms with Gasteiger partial charge in [-0.15, -0.1) is 0 Å². The van der Waals surface area contributed by atoms with Crippen LogP contribution >= 0.6 is 0 Å². The molecule has 0 aliphatic rings. The minimum atomic E-state index is -0.464. The van der Waals surface area contributed by atoms with Crippen LogP contribution in [0.15, 0.2) is 72.8 Å². The molecule has 0 aliphatic heterocycles. The van der Waals surface area contributed by atoms with Crippen LogP contribution < -0.4 is 9.47 Å². The minimum Gasteiger partial charge on any atom is -0.424 e. The topological polar surface area (TPSA) is 52.6 Å². The van der Waals surface area contributed by atoms with Gasteiger partial charge in [0.2, 0.25) is 0 Å². The number of esters is 2. The van der Waals surface area contributed by atoms with E-state index in [0.29, 0.717) is 22.6 Å².